The van der Waals surface area contributed by atoms with Crippen LogP contribution in [0.15, 0.2) is 127 Å². The highest BCUT2D eigenvalue weighted by molar-refractivity contribution is 9.08. The van der Waals surface area contributed by atoms with E-state index in [0.29, 0.717) is 0 Å². The minimum absolute atomic E-state index is 0.446. The summed E-state index contributed by atoms with van der Waals surface area (Å²) >= 11 is 3.43. The van der Waals surface area contributed by atoms with Gasteiger partial charge in [-0.1, -0.05) is 137 Å². The van der Waals surface area contributed by atoms with Gasteiger partial charge in [-0.15, -0.1) is 6.58 Å². The van der Waals surface area contributed by atoms with Gasteiger partial charge in [0.05, 0.1) is 0 Å². The number of allylic oxidation sites excluding steroid dienone is 1. The Morgan fingerprint density at radius 2 is 1.00 bits per heavy atom. The van der Waals surface area contributed by atoms with Crippen molar-refractivity contribution in [3.05, 3.63) is 139 Å². The van der Waals surface area contributed by atoms with E-state index < -0.39 is 7.92 Å². The molecule has 0 amide bonds. The van der Waals surface area contributed by atoms with Gasteiger partial charge in [0, 0.05) is 5.33 Å². The largest absolute Gasteiger partial charge is 0.100 e. The number of hydrogen-bond donors (Lipinski definition) is 0. The molecule has 0 atom stereocenters. The average Bonchev–Trinajstić information content (AvgIpc) is 2.86. The predicted octanol–water partition coefficient (Wildman–Crippen LogP) is 7.54. The molecule has 0 bridgehead atoms. The lowest BCUT2D eigenvalue weighted by atomic mass is 10.1. The van der Waals surface area contributed by atoms with Crippen molar-refractivity contribution in [2.75, 3.05) is 0 Å². The summed E-state index contributed by atoms with van der Waals surface area (Å²) in [6, 6.07) is 41.1. The molecule has 0 aromatic heterocycles. The molecule has 0 nitrogen and oxygen atoms in total. The first kappa shape index (κ1) is 24.2. The molecule has 0 heterocycles. The van der Waals surface area contributed by atoms with E-state index in [4.69, 9.17) is 0 Å². The first-order chi connectivity index (χ1) is 15.7. The highest BCUT2D eigenvalue weighted by atomic mass is 79.9. The van der Waals surface area contributed by atoms with Crippen LogP contribution in [0.25, 0.3) is 0 Å². The van der Waals surface area contributed by atoms with Crippen molar-refractivity contribution in [2.24, 2.45) is 0 Å². The lowest BCUT2D eigenvalue weighted by molar-refractivity contribution is 0.945. The van der Waals surface area contributed by atoms with Gasteiger partial charge < -0.3 is 0 Å². The summed E-state index contributed by atoms with van der Waals surface area (Å²) in [6.45, 7) is 5.97. The van der Waals surface area contributed by atoms with E-state index in [1.165, 1.54) is 32.6 Å². The van der Waals surface area contributed by atoms with Crippen molar-refractivity contribution < 1.29 is 0 Å². The standard InChI is InChI=1S/C18H15P.C12H15Br/c1-4-10-16(11-5-1)19(17-12-6-2-7-13-17)18-14-8-3-9-15-18;1-10(2)3-4-11-5-7-12(9-13)8-6-11/h1-15H;5-8H,1,3-4,9H2,2H3. The summed E-state index contributed by atoms with van der Waals surface area (Å²) in [7, 11) is -0.446. The number of aryl methyl sites for hydroxylation is 1. The molecule has 0 aliphatic heterocycles. The fourth-order valence-corrected chi connectivity index (χ4v) is 6.01. The van der Waals surface area contributed by atoms with Crippen LogP contribution in [-0.2, 0) is 11.8 Å². The van der Waals surface area contributed by atoms with E-state index in [1.54, 1.807) is 0 Å². The third-order valence-electron chi connectivity index (χ3n) is 5.06. The van der Waals surface area contributed by atoms with Gasteiger partial charge in [-0.2, -0.15) is 0 Å². The Hall–Kier alpha value is -2.47. The molecular formula is C30H30BrP. The van der Waals surface area contributed by atoms with Gasteiger partial charge in [-0.3, -0.25) is 0 Å². The second kappa shape index (κ2) is 13.2. The molecule has 0 spiro atoms. The Morgan fingerprint density at radius 1 is 0.625 bits per heavy atom. The zero-order chi connectivity index (χ0) is 22.6. The van der Waals surface area contributed by atoms with Crippen molar-refractivity contribution >= 4 is 39.8 Å². The summed E-state index contributed by atoms with van der Waals surface area (Å²) in [6.07, 6.45) is 2.20. The molecule has 0 saturated heterocycles. The first-order valence-electron chi connectivity index (χ1n) is 10.9. The van der Waals surface area contributed by atoms with Crippen LogP contribution >= 0.6 is 23.9 Å². The molecule has 0 N–H and O–H groups in total. The molecule has 4 aromatic carbocycles. The maximum absolute atomic E-state index is 3.90. The molecule has 0 saturated carbocycles. The van der Waals surface area contributed by atoms with Crippen LogP contribution in [0.5, 0.6) is 0 Å². The predicted molar refractivity (Wildman–Crippen MR) is 147 cm³/mol. The number of alkyl halides is 1. The number of halogens is 1. The van der Waals surface area contributed by atoms with Crippen molar-refractivity contribution in [2.45, 2.75) is 25.1 Å². The molecule has 0 radical (unpaired) electrons. The van der Waals surface area contributed by atoms with Crippen molar-refractivity contribution in [1.82, 2.24) is 0 Å². The Bertz CT molecular complexity index is 964. The lowest BCUT2D eigenvalue weighted by Gasteiger charge is -2.18. The van der Waals surface area contributed by atoms with Gasteiger partial charge in [0.1, 0.15) is 0 Å². The molecule has 0 fully saturated rings. The lowest BCUT2D eigenvalue weighted by Crippen LogP contribution is -2.20. The van der Waals surface area contributed by atoms with Gasteiger partial charge in [-0.05, 0) is 54.7 Å². The highest BCUT2D eigenvalue weighted by Crippen LogP contribution is 2.32. The first-order valence-corrected chi connectivity index (χ1v) is 13.4. The fourth-order valence-electron chi connectivity index (χ4n) is 3.33. The molecule has 4 rings (SSSR count). The van der Waals surface area contributed by atoms with Crippen LogP contribution < -0.4 is 15.9 Å². The monoisotopic (exact) mass is 500 g/mol. The normalized spacial score (nSPS) is 10.3. The fraction of sp³-hybridized carbons (Fsp3) is 0.133. The zero-order valence-electron chi connectivity index (χ0n) is 18.6. The Labute approximate surface area is 202 Å². The average molecular weight is 501 g/mol. The van der Waals surface area contributed by atoms with E-state index in [2.05, 4.69) is 145 Å². The smallest absolute Gasteiger partial charge is 0.0283 e. The molecule has 0 unspecified atom stereocenters. The molecule has 4 aromatic rings. The Morgan fingerprint density at radius 3 is 1.34 bits per heavy atom. The second-order valence-electron chi connectivity index (χ2n) is 7.75. The Kier molecular flexibility index (Phi) is 9.95. The number of benzene rings is 4. The molecule has 0 aliphatic carbocycles. The number of hydrogen-bond acceptors (Lipinski definition) is 0. The van der Waals surface area contributed by atoms with Gasteiger partial charge in [0.15, 0.2) is 0 Å². The summed E-state index contributed by atoms with van der Waals surface area (Å²) in [5.74, 6) is 0. The molecule has 0 aliphatic rings. The van der Waals surface area contributed by atoms with Crippen LogP contribution in [0.4, 0.5) is 0 Å². The van der Waals surface area contributed by atoms with Crippen LogP contribution in [-0.4, -0.2) is 0 Å². The number of rotatable bonds is 7. The van der Waals surface area contributed by atoms with E-state index in [1.807, 2.05) is 0 Å². The maximum Gasteiger partial charge on any atom is 0.0283 e. The molecule has 32 heavy (non-hydrogen) atoms. The van der Waals surface area contributed by atoms with E-state index in [0.717, 1.165) is 18.2 Å². The van der Waals surface area contributed by atoms with Gasteiger partial charge in [0.2, 0.25) is 0 Å². The summed E-state index contributed by atoms with van der Waals surface area (Å²) in [5, 5.41) is 5.13. The minimum atomic E-state index is -0.446. The third-order valence-corrected chi connectivity index (χ3v) is 8.15. The van der Waals surface area contributed by atoms with Gasteiger partial charge in [0.25, 0.3) is 0 Å². The van der Waals surface area contributed by atoms with Crippen LogP contribution in [0.1, 0.15) is 24.5 Å². The van der Waals surface area contributed by atoms with Crippen molar-refractivity contribution in [3.8, 4) is 0 Å². The molecule has 2 heteroatoms. The molecular weight excluding hydrogens is 471 g/mol. The molecule has 162 valence electrons. The van der Waals surface area contributed by atoms with Crippen molar-refractivity contribution in [3.63, 3.8) is 0 Å². The van der Waals surface area contributed by atoms with Crippen LogP contribution in [0, 0.1) is 0 Å². The zero-order valence-corrected chi connectivity index (χ0v) is 21.1. The topological polar surface area (TPSA) is 0 Å². The Balaban J connectivity index is 0.000000195. The van der Waals surface area contributed by atoms with E-state index >= 15 is 0 Å². The highest BCUT2D eigenvalue weighted by Gasteiger charge is 2.14. The van der Waals surface area contributed by atoms with Gasteiger partial charge in [-0.25, -0.2) is 0 Å². The second-order valence-corrected chi connectivity index (χ2v) is 10.5. The van der Waals surface area contributed by atoms with E-state index in [9.17, 15) is 0 Å². The van der Waals surface area contributed by atoms with Gasteiger partial charge >= 0.3 is 0 Å². The summed E-state index contributed by atoms with van der Waals surface area (Å²) < 4.78 is 0. The van der Waals surface area contributed by atoms with E-state index in [-0.39, 0.29) is 0 Å². The third kappa shape index (κ3) is 7.59. The SMILES string of the molecule is C=C(C)CCc1ccc(CBr)cc1.c1ccc(P(c2ccccc2)c2ccccc2)cc1. The quantitative estimate of drug-likeness (QED) is 0.140. The summed E-state index contributed by atoms with van der Waals surface area (Å²) in [4.78, 5) is 0. The minimum Gasteiger partial charge on any atom is -0.100 e. The van der Waals surface area contributed by atoms with Crippen LogP contribution in [0.3, 0.4) is 0 Å². The summed E-state index contributed by atoms with van der Waals surface area (Å²) in [5.41, 5.74) is 3.98. The van der Waals surface area contributed by atoms with Crippen LogP contribution in [0.2, 0.25) is 0 Å². The van der Waals surface area contributed by atoms with Crippen molar-refractivity contribution in [1.29, 1.82) is 0 Å². The maximum atomic E-state index is 3.90.